The molecule has 0 radical (unpaired) electrons. The minimum absolute atomic E-state index is 0. The van der Waals surface area contributed by atoms with Gasteiger partial charge in [0, 0.05) is 12.1 Å². The molecule has 118 valence electrons. The van der Waals surface area contributed by atoms with E-state index in [1.807, 2.05) is 7.05 Å². The van der Waals surface area contributed by atoms with E-state index in [0.29, 0.717) is 30.2 Å². The Hall–Kier alpha value is -1.72. The molecule has 0 atom stereocenters. The summed E-state index contributed by atoms with van der Waals surface area (Å²) < 4.78 is 10.7. The molecule has 0 heterocycles. The highest BCUT2D eigenvalue weighted by molar-refractivity contribution is 5.94. The minimum atomic E-state index is -0.116. The van der Waals surface area contributed by atoms with E-state index < -0.39 is 0 Å². The number of ether oxygens (including phenoxy) is 2. The molecule has 0 aliphatic rings. The number of hydrogen-bond acceptors (Lipinski definition) is 4. The van der Waals surface area contributed by atoms with Gasteiger partial charge >= 0.3 is 0 Å². The SMILES string of the molecule is C=CCOc1ccc(C(=O)NCCCNC)cc1OC.Cl. The average Bonchev–Trinajstić information content (AvgIpc) is 2.49. The molecule has 0 aliphatic heterocycles. The summed E-state index contributed by atoms with van der Waals surface area (Å²) in [5, 5.41) is 5.89. The molecule has 2 N–H and O–H groups in total. The van der Waals surface area contributed by atoms with Crippen LogP contribution in [0.4, 0.5) is 0 Å². The molecule has 0 saturated carbocycles. The van der Waals surface area contributed by atoms with Crippen LogP contribution < -0.4 is 20.1 Å². The first-order chi connectivity index (χ1) is 9.72. The third kappa shape index (κ3) is 6.51. The molecule has 0 bridgehead atoms. The normalized spacial score (nSPS) is 9.43. The van der Waals surface area contributed by atoms with Gasteiger partial charge in [0.05, 0.1) is 7.11 Å². The molecule has 0 fully saturated rings. The van der Waals surface area contributed by atoms with E-state index in [2.05, 4.69) is 17.2 Å². The van der Waals surface area contributed by atoms with E-state index in [1.165, 1.54) is 0 Å². The Labute approximate surface area is 132 Å². The van der Waals surface area contributed by atoms with Gasteiger partial charge in [-0.15, -0.1) is 12.4 Å². The smallest absolute Gasteiger partial charge is 0.251 e. The molecule has 6 heteroatoms. The maximum absolute atomic E-state index is 12.0. The number of methoxy groups -OCH3 is 1. The number of carbonyl (C=O) groups excluding carboxylic acids is 1. The zero-order valence-electron chi connectivity index (χ0n) is 12.5. The summed E-state index contributed by atoms with van der Waals surface area (Å²) >= 11 is 0. The van der Waals surface area contributed by atoms with Gasteiger partial charge in [0.1, 0.15) is 6.61 Å². The number of rotatable bonds is 9. The van der Waals surface area contributed by atoms with Crippen LogP contribution in [0.2, 0.25) is 0 Å². The summed E-state index contributed by atoms with van der Waals surface area (Å²) in [6.07, 6.45) is 2.54. The van der Waals surface area contributed by atoms with Crippen LogP contribution in [-0.2, 0) is 0 Å². The number of benzene rings is 1. The number of nitrogens with one attached hydrogen (secondary N) is 2. The van der Waals surface area contributed by atoms with Crippen molar-refractivity contribution in [3.8, 4) is 11.5 Å². The van der Waals surface area contributed by atoms with E-state index in [0.717, 1.165) is 13.0 Å². The summed E-state index contributed by atoms with van der Waals surface area (Å²) in [7, 11) is 3.43. The largest absolute Gasteiger partial charge is 0.493 e. The van der Waals surface area contributed by atoms with Crippen LogP contribution in [0, 0.1) is 0 Å². The van der Waals surface area contributed by atoms with Crippen molar-refractivity contribution >= 4 is 18.3 Å². The highest BCUT2D eigenvalue weighted by atomic mass is 35.5. The highest BCUT2D eigenvalue weighted by Gasteiger charge is 2.10. The number of halogens is 1. The van der Waals surface area contributed by atoms with Gasteiger partial charge < -0.3 is 20.1 Å². The molecule has 1 aromatic carbocycles. The van der Waals surface area contributed by atoms with E-state index >= 15 is 0 Å². The summed E-state index contributed by atoms with van der Waals surface area (Å²) in [4.78, 5) is 12.0. The standard InChI is InChI=1S/C15H22N2O3.ClH/c1-4-10-20-13-7-6-12(11-14(13)19-3)15(18)17-9-5-8-16-2;/h4,6-7,11,16H,1,5,8-10H2,2-3H3,(H,17,18);1H. The van der Waals surface area contributed by atoms with E-state index in [4.69, 9.17) is 9.47 Å². The molecule has 0 saturated heterocycles. The van der Waals surface area contributed by atoms with Gasteiger partial charge in [0.15, 0.2) is 11.5 Å². The molecular formula is C15H23ClN2O3. The van der Waals surface area contributed by atoms with Crippen molar-refractivity contribution in [1.29, 1.82) is 0 Å². The molecule has 0 aliphatic carbocycles. The first kappa shape index (κ1) is 19.3. The summed E-state index contributed by atoms with van der Waals surface area (Å²) in [5.74, 6) is 1.02. The molecule has 1 aromatic rings. The number of carbonyl (C=O) groups is 1. The van der Waals surface area contributed by atoms with Crippen molar-refractivity contribution in [3.63, 3.8) is 0 Å². The van der Waals surface area contributed by atoms with Crippen LogP contribution in [0.5, 0.6) is 11.5 Å². The lowest BCUT2D eigenvalue weighted by molar-refractivity contribution is 0.0953. The van der Waals surface area contributed by atoms with Crippen LogP contribution in [0.15, 0.2) is 30.9 Å². The van der Waals surface area contributed by atoms with Gasteiger partial charge in [0.25, 0.3) is 5.91 Å². The molecule has 0 spiro atoms. The first-order valence-corrected chi connectivity index (χ1v) is 6.57. The number of hydrogen-bond donors (Lipinski definition) is 2. The van der Waals surface area contributed by atoms with E-state index in [-0.39, 0.29) is 18.3 Å². The van der Waals surface area contributed by atoms with Crippen LogP contribution in [0.1, 0.15) is 16.8 Å². The molecular weight excluding hydrogens is 292 g/mol. The fraction of sp³-hybridized carbons (Fsp3) is 0.400. The van der Waals surface area contributed by atoms with Gasteiger partial charge in [-0.05, 0) is 38.2 Å². The molecule has 1 rings (SSSR count). The van der Waals surface area contributed by atoms with Crippen molar-refractivity contribution in [2.75, 3.05) is 33.9 Å². The predicted molar refractivity (Wildman–Crippen MR) is 86.8 cm³/mol. The van der Waals surface area contributed by atoms with Crippen molar-refractivity contribution in [1.82, 2.24) is 10.6 Å². The van der Waals surface area contributed by atoms with Gasteiger partial charge in [-0.25, -0.2) is 0 Å². The lowest BCUT2D eigenvalue weighted by Crippen LogP contribution is -2.26. The molecule has 1 amide bonds. The molecule has 0 unspecified atom stereocenters. The Morgan fingerprint density at radius 1 is 1.33 bits per heavy atom. The Morgan fingerprint density at radius 2 is 2.10 bits per heavy atom. The Kier molecular flexibility index (Phi) is 10.1. The maximum Gasteiger partial charge on any atom is 0.251 e. The van der Waals surface area contributed by atoms with Crippen LogP contribution >= 0.6 is 12.4 Å². The number of amides is 1. The zero-order chi connectivity index (χ0) is 14.8. The van der Waals surface area contributed by atoms with Crippen LogP contribution in [0.25, 0.3) is 0 Å². The van der Waals surface area contributed by atoms with Crippen molar-refractivity contribution in [3.05, 3.63) is 36.4 Å². The van der Waals surface area contributed by atoms with Gasteiger partial charge in [-0.3, -0.25) is 4.79 Å². The summed E-state index contributed by atoms with van der Waals surface area (Å²) in [5.41, 5.74) is 0.553. The second-order valence-electron chi connectivity index (χ2n) is 4.18. The Morgan fingerprint density at radius 3 is 2.71 bits per heavy atom. The summed E-state index contributed by atoms with van der Waals surface area (Å²) in [6.45, 7) is 5.49. The molecule has 5 nitrogen and oxygen atoms in total. The van der Waals surface area contributed by atoms with E-state index in [9.17, 15) is 4.79 Å². The van der Waals surface area contributed by atoms with Crippen LogP contribution in [0.3, 0.4) is 0 Å². The average molecular weight is 315 g/mol. The monoisotopic (exact) mass is 314 g/mol. The minimum Gasteiger partial charge on any atom is -0.493 e. The fourth-order valence-corrected chi connectivity index (χ4v) is 1.65. The Balaban J connectivity index is 0.00000400. The topological polar surface area (TPSA) is 59.6 Å². The van der Waals surface area contributed by atoms with E-state index in [1.54, 1.807) is 31.4 Å². The third-order valence-electron chi connectivity index (χ3n) is 2.67. The second kappa shape index (κ2) is 11.0. The maximum atomic E-state index is 12.0. The lowest BCUT2D eigenvalue weighted by atomic mass is 10.2. The zero-order valence-corrected chi connectivity index (χ0v) is 13.3. The Bertz CT molecular complexity index is 453. The van der Waals surface area contributed by atoms with Crippen LogP contribution in [-0.4, -0.2) is 39.8 Å². The quantitative estimate of drug-likeness (QED) is 0.541. The van der Waals surface area contributed by atoms with Crippen molar-refractivity contribution in [2.45, 2.75) is 6.42 Å². The van der Waals surface area contributed by atoms with Gasteiger partial charge in [0.2, 0.25) is 0 Å². The predicted octanol–water partition coefficient (Wildman–Crippen LogP) is 2.02. The fourth-order valence-electron chi connectivity index (χ4n) is 1.65. The third-order valence-corrected chi connectivity index (χ3v) is 2.67. The summed E-state index contributed by atoms with van der Waals surface area (Å²) in [6, 6.07) is 5.12. The van der Waals surface area contributed by atoms with Gasteiger partial charge in [-0.2, -0.15) is 0 Å². The first-order valence-electron chi connectivity index (χ1n) is 6.57. The highest BCUT2D eigenvalue weighted by Crippen LogP contribution is 2.28. The molecule has 0 aromatic heterocycles. The van der Waals surface area contributed by atoms with Gasteiger partial charge in [-0.1, -0.05) is 12.7 Å². The lowest BCUT2D eigenvalue weighted by Gasteiger charge is -2.11. The second-order valence-corrected chi connectivity index (χ2v) is 4.18. The van der Waals surface area contributed by atoms with Crippen molar-refractivity contribution < 1.29 is 14.3 Å². The molecule has 21 heavy (non-hydrogen) atoms. The van der Waals surface area contributed by atoms with Crippen molar-refractivity contribution in [2.24, 2.45) is 0 Å².